The molecule has 2 N–H and O–H groups in total. The highest BCUT2D eigenvalue weighted by atomic mass is 16.2. The van der Waals surface area contributed by atoms with Gasteiger partial charge < -0.3 is 10.6 Å². The number of carbonyl (C=O) groups excluding carboxylic acids is 1. The third kappa shape index (κ3) is 3.87. The molecule has 0 unspecified atom stereocenters. The molecule has 0 saturated carbocycles. The molecule has 0 aromatic heterocycles. The Morgan fingerprint density at radius 2 is 1.81 bits per heavy atom. The number of anilines is 2. The minimum Gasteiger partial charge on any atom is -0.308 e. The lowest BCUT2D eigenvalue weighted by Gasteiger charge is -2.12. The van der Waals surface area contributed by atoms with Crippen LogP contribution < -0.4 is 10.6 Å². The average Bonchev–Trinajstić information content (AvgIpc) is 2.48. The summed E-state index contributed by atoms with van der Waals surface area (Å²) < 4.78 is 0. The summed E-state index contributed by atoms with van der Waals surface area (Å²) in [4.78, 5) is 12.0. The first-order valence-corrected chi connectivity index (χ1v) is 6.83. The molecule has 21 heavy (non-hydrogen) atoms. The van der Waals surface area contributed by atoms with E-state index in [-0.39, 0.29) is 6.03 Å². The van der Waals surface area contributed by atoms with Crippen molar-refractivity contribution >= 4 is 17.4 Å². The van der Waals surface area contributed by atoms with Crippen LogP contribution in [0.4, 0.5) is 16.2 Å². The summed E-state index contributed by atoms with van der Waals surface area (Å²) in [6.07, 6.45) is 5.53. The number of para-hydroxylation sites is 1. The Labute approximate surface area is 125 Å². The van der Waals surface area contributed by atoms with E-state index in [0.717, 1.165) is 11.3 Å². The Morgan fingerprint density at radius 1 is 1.10 bits per heavy atom. The van der Waals surface area contributed by atoms with Crippen molar-refractivity contribution in [1.82, 2.24) is 0 Å². The van der Waals surface area contributed by atoms with E-state index in [1.165, 1.54) is 0 Å². The SMILES string of the molecule is C#Cc1cc(C(C)C)ccc1NC(=O)Nc1ccccc1. The Hall–Kier alpha value is -2.73. The zero-order valence-corrected chi connectivity index (χ0v) is 12.2. The van der Waals surface area contributed by atoms with Crippen LogP contribution in [-0.2, 0) is 0 Å². The van der Waals surface area contributed by atoms with E-state index in [0.29, 0.717) is 17.2 Å². The van der Waals surface area contributed by atoms with Crippen LogP contribution in [0, 0.1) is 12.3 Å². The van der Waals surface area contributed by atoms with Crippen LogP contribution in [0.5, 0.6) is 0 Å². The normalized spacial score (nSPS) is 10.0. The minimum absolute atomic E-state index is 0.310. The molecule has 0 atom stereocenters. The first-order valence-electron chi connectivity index (χ1n) is 6.83. The summed E-state index contributed by atoms with van der Waals surface area (Å²) in [5.41, 5.74) is 3.20. The van der Waals surface area contributed by atoms with Crippen molar-refractivity contribution in [1.29, 1.82) is 0 Å². The van der Waals surface area contributed by atoms with Gasteiger partial charge in [-0.15, -0.1) is 6.42 Å². The Balaban J connectivity index is 2.12. The molecule has 3 nitrogen and oxygen atoms in total. The third-order valence-electron chi connectivity index (χ3n) is 3.15. The summed E-state index contributed by atoms with van der Waals surface area (Å²) in [6, 6.07) is 14.7. The number of urea groups is 1. The number of hydrogen-bond acceptors (Lipinski definition) is 1. The van der Waals surface area contributed by atoms with E-state index in [4.69, 9.17) is 6.42 Å². The monoisotopic (exact) mass is 278 g/mol. The number of nitrogens with one attached hydrogen (secondary N) is 2. The van der Waals surface area contributed by atoms with Gasteiger partial charge in [0.1, 0.15) is 0 Å². The molecule has 0 aliphatic carbocycles. The van der Waals surface area contributed by atoms with E-state index < -0.39 is 0 Å². The van der Waals surface area contributed by atoms with Crippen molar-refractivity contribution in [2.24, 2.45) is 0 Å². The fourth-order valence-corrected chi connectivity index (χ4v) is 1.96. The maximum absolute atomic E-state index is 12.0. The molecule has 106 valence electrons. The molecular weight excluding hydrogens is 260 g/mol. The molecule has 0 aliphatic rings. The average molecular weight is 278 g/mol. The number of terminal acetylenes is 1. The zero-order chi connectivity index (χ0) is 15.2. The lowest BCUT2D eigenvalue weighted by molar-refractivity contribution is 0.262. The smallest absolute Gasteiger partial charge is 0.308 e. The number of benzene rings is 2. The molecular formula is C18H18N2O. The van der Waals surface area contributed by atoms with E-state index in [1.54, 1.807) is 0 Å². The second-order valence-electron chi connectivity index (χ2n) is 5.05. The van der Waals surface area contributed by atoms with Crippen molar-refractivity contribution < 1.29 is 4.79 Å². The van der Waals surface area contributed by atoms with Gasteiger partial charge in [0, 0.05) is 11.3 Å². The molecule has 0 fully saturated rings. The highest BCUT2D eigenvalue weighted by Gasteiger charge is 2.08. The topological polar surface area (TPSA) is 41.1 Å². The number of hydrogen-bond donors (Lipinski definition) is 2. The minimum atomic E-state index is -0.310. The summed E-state index contributed by atoms with van der Waals surface area (Å²) in [5.74, 6) is 3.01. The van der Waals surface area contributed by atoms with Crippen molar-refractivity contribution in [2.75, 3.05) is 10.6 Å². The predicted octanol–water partition coefficient (Wildman–Crippen LogP) is 4.44. The Kier molecular flexibility index (Phi) is 4.63. The molecule has 0 spiro atoms. The van der Waals surface area contributed by atoms with E-state index in [1.807, 2.05) is 48.5 Å². The molecule has 0 saturated heterocycles. The van der Waals surface area contributed by atoms with Crippen LogP contribution in [-0.4, -0.2) is 6.03 Å². The second kappa shape index (κ2) is 6.62. The molecule has 3 heteroatoms. The fourth-order valence-electron chi connectivity index (χ4n) is 1.96. The first kappa shape index (κ1) is 14.7. The maximum atomic E-state index is 12.0. The van der Waals surface area contributed by atoms with Crippen molar-refractivity contribution in [3.8, 4) is 12.3 Å². The van der Waals surface area contributed by atoms with E-state index in [2.05, 4.69) is 30.4 Å². The quantitative estimate of drug-likeness (QED) is 0.801. The van der Waals surface area contributed by atoms with Gasteiger partial charge in [-0.1, -0.05) is 44.0 Å². The number of amides is 2. The molecule has 0 radical (unpaired) electrons. The van der Waals surface area contributed by atoms with Crippen LogP contribution >= 0.6 is 0 Å². The number of carbonyl (C=O) groups is 1. The lowest BCUT2D eigenvalue weighted by Crippen LogP contribution is -2.20. The van der Waals surface area contributed by atoms with Crippen molar-refractivity contribution in [3.63, 3.8) is 0 Å². The number of rotatable bonds is 3. The standard InChI is InChI=1S/C18H18N2O/c1-4-14-12-15(13(2)3)10-11-17(14)20-18(21)19-16-8-6-5-7-9-16/h1,5-13H,2-3H3,(H2,19,20,21). The Morgan fingerprint density at radius 3 is 2.43 bits per heavy atom. The lowest BCUT2D eigenvalue weighted by atomic mass is 10.00. The van der Waals surface area contributed by atoms with Crippen LogP contribution in [0.1, 0.15) is 30.9 Å². The summed E-state index contributed by atoms with van der Waals surface area (Å²) in [5, 5.41) is 5.54. The predicted molar refractivity (Wildman–Crippen MR) is 87.5 cm³/mol. The molecule has 2 rings (SSSR count). The molecule has 2 amide bonds. The summed E-state index contributed by atoms with van der Waals surface area (Å²) in [6.45, 7) is 4.20. The third-order valence-corrected chi connectivity index (χ3v) is 3.15. The van der Waals surface area contributed by atoms with Gasteiger partial charge in [0.25, 0.3) is 0 Å². The van der Waals surface area contributed by atoms with Gasteiger partial charge >= 0.3 is 6.03 Å². The molecule has 0 heterocycles. The van der Waals surface area contributed by atoms with E-state index >= 15 is 0 Å². The highest BCUT2D eigenvalue weighted by molar-refractivity contribution is 6.00. The maximum Gasteiger partial charge on any atom is 0.323 e. The van der Waals surface area contributed by atoms with Crippen LogP contribution in [0.15, 0.2) is 48.5 Å². The van der Waals surface area contributed by atoms with Crippen LogP contribution in [0.3, 0.4) is 0 Å². The molecule has 0 aliphatic heterocycles. The van der Waals surface area contributed by atoms with Gasteiger partial charge in [0.05, 0.1) is 5.69 Å². The Bertz CT molecular complexity index is 669. The molecule has 2 aromatic rings. The van der Waals surface area contributed by atoms with Crippen molar-refractivity contribution in [2.45, 2.75) is 19.8 Å². The van der Waals surface area contributed by atoms with Gasteiger partial charge in [-0.25, -0.2) is 4.79 Å². The zero-order valence-electron chi connectivity index (χ0n) is 12.2. The second-order valence-corrected chi connectivity index (χ2v) is 5.05. The van der Waals surface area contributed by atoms with Crippen molar-refractivity contribution in [3.05, 3.63) is 59.7 Å². The fraction of sp³-hybridized carbons (Fsp3) is 0.167. The molecule has 2 aromatic carbocycles. The van der Waals surface area contributed by atoms with Gasteiger partial charge in [-0.2, -0.15) is 0 Å². The highest BCUT2D eigenvalue weighted by Crippen LogP contribution is 2.22. The van der Waals surface area contributed by atoms with Gasteiger partial charge in [-0.3, -0.25) is 0 Å². The van der Waals surface area contributed by atoms with Crippen LogP contribution in [0.2, 0.25) is 0 Å². The van der Waals surface area contributed by atoms with Crippen LogP contribution in [0.25, 0.3) is 0 Å². The van der Waals surface area contributed by atoms with E-state index in [9.17, 15) is 4.79 Å². The van der Waals surface area contributed by atoms with Gasteiger partial charge in [0.2, 0.25) is 0 Å². The van der Waals surface area contributed by atoms with Gasteiger partial charge in [0.15, 0.2) is 0 Å². The summed E-state index contributed by atoms with van der Waals surface area (Å²) >= 11 is 0. The summed E-state index contributed by atoms with van der Waals surface area (Å²) in [7, 11) is 0. The first-order chi connectivity index (χ1) is 10.1. The van der Waals surface area contributed by atoms with Gasteiger partial charge in [-0.05, 0) is 35.7 Å². The largest absolute Gasteiger partial charge is 0.323 e. The molecule has 0 bridgehead atoms.